The predicted octanol–water partition coefficient (Wildman–Crippen LogP) is 5.27. The maximum Gasteiger partial charge on any atom is 0.416 e. The fraction of sp³-hybridized carbons (Fsp3) is 0.375. The predicted molar refractivity (Wildman–Crippen MR) is 159 cm³/mol. The average Bonchev–Trinajstić information content (AvgIpc) is 3.95. The van der Waals surface area contributed by atoms with Gasteiger partial charge >= 0.3 is 6.18 Å². The molecule has 0 bridgehead atoms. The van der Waals surface area contributed by atoms with Crippen LogP contribution >= 0.6 is 11.6 Å². The molecule has 2 fully saturated rings. The number of aromatic nitrogens is 3. The highest BCUT2D eigenvalue weighted by Crippen LogP contribution is 2.50. The number of pyridine rings is 1. The molecule has 1 aliphatic heterocycles. The van der Waals surface area contributed by atoms with E-state index in [1.54, 1.807) is 19.1 Å². The minimum Gasteiger partial charge on any atom is -0.489 e. The van der Waals surface area contributed by atoms with E-state index >= 15 is 0 Å². The Hall–Kier alpha value is -4.16. The van der Waals surface area contributed by atoms with Crippen LogP contribution in [0.5, 0.6) is 5.75 Å². The number of ether oxygens (including phenoxy) is 1. The number of fused-ring (bicyclic) bond motifs is 2. The summed E-state index contributed by atoms with van der Waals surface area (Å²) in [6.07, 6.45) is 0.728. The first-order valence-electron chi connectivity index (χ1n) is 14.6. The van der Waals surface area contributed by atoms with Crippen molar-refractivity contribution in [1.82, 2.24) is 20.1 Å². The van der Waals surface area contributed by atoms with Crippen LogP contribution < -0.4 is 15.8 Å². The molecule has 0 radical (unpaired) electrons. The number of rotatable bonds is 8. The van der Waals surface area contributed by atoms with Crippen molar-refractivity contribution in [2.75, 3.05) is 13.2 Å². The van der Waals surface area contributed by atoms with Crippen LogP contribution in [-0.4, -0.2) is 44.8 Å². The molecule has 2 aromatic carbocycles. The Morgan fingerprint density at radius 1 is 1.16 bits per heavy atom. The summed E-state index contributed by atoms with van der Waals surface area (Å²) in [5.41, 5.74) is 3.86. The number of alkyl halides is 3. The third-order valence-corrected chi connectivity index (χ3v) is 9.37. The number of carbonyl (C=O) groups is 2. The largest absolute Gasteiger partial charge is 0.489 e. The monoisotopic (exact) mass is 639 g/mol. The van der Waals surface area contributed by atoms with Gasteiger partial charge in [0, 0.05) is 28.3 Å². The second-order valence-corrected chi connectivity index (χ2v) is 12.8. The quantitative estimate of drug-likeness (QED) is 0.241. The van der Waals surface area contributed by atoms with E-state index in [2.05, 4.69) is 10.4 Å². The summed E-state index contributed by atoms with van der Waals surface area (Å²) in [7, 11) is 0. The molecule has 0 saturated heterocycles. The van der Waals surface area contributed by atoms with Crippen molar-refractivity contribution in [2.45, 2.75) is 55.8 Å². The number of hydrogen-bond acceptors (Lipinski definition) is 6. The van der Waals surface area contributed by atoms with Gasteiger partial charge in [-0.25, -0.2) is 4.98 Å². The summed E-state index contributed by atoms with van der Waals surface area (Å²) in [5.74, 6) is -1.20. The highest BCUT2D eigenvalue weighted by Gasteiger charge is 2.50. The van der Waals surface area contributed by atoms with Gasteiger partial charge in [0.1, 0.15) is 34.6 Å². The number of nitrogens with two attached hydrogens (primary N) is 1. The number of primary amides is 1. The van der Waals surface area contributed by atoms with E-state index in [1.165, 1.54) is 18.2 Å². The number of amides is 2. The fourth-order valence-corrected chi connectivity index (χ4v) is 6.18. The first-order valence-corrected chi connectivity index (χ1v) is 15.0. The maximum absolute atomic E-state index is 13.4. The summed E-state index contributed by atoms with van der Waals surface area (Å²) in [6.45, 7) is 1.28. The number of nitrogens with zero attached hydrogens (tertiary/aromatic N) is 3. The summed E-state index contributed by atoms with van der Waals surface area (Å²) in [6, 6.07) is 9.53. The van der Waals surface area contributed by atoms with Crippen LogP contribution in [0, 0.1) is 5.92 Å². The Kier molecular flexibility index (Phi) is 6.68. The van der Waals surface area contributed by atoms with Crippen molar-refractivity contribution in [2.24, 2.45) is 11.7 Å². The van der Waals surface area contributed by atoms with E-state index in [9.17, 15) is 27.9 Å². The molecule has 2 aliphatic carbocycles. The van der Waals surface area contributed by atoms with E-state index in [-0.39, 0.29) is 36.2 Å². The zero-order valence-electron chi connectivity index (χ0n) is 24.1. The van der Waals surface area contributed by atoms with Crippen molar-refractivity contribution in [3.05, 3.63) is 76.1 Å². The third-order valence-electron chi connectivity index (χ3n) is 9.08. The zero-order chi connectivity index (χ0) is 31.9. The number of hydrogen-bond donors (Lipinski definition) is 3. The van der Waals surface area contributed by atoms with E-state index in [0.29, 0.717) is 46.1 Å². The number of aliphatic hydroxyl groups is 1. The molecule has 2 amide bonds. The summed E-state index contributed by atoms with van der Waals surface area (Å²) >= 11 is 6.48. The fourth-order valence-electron chi connectivity index (χ4n) is 5.91. The summed E-state index contributed by atoms with van der Waals surface area (Å²) in [5, 5.41) is 20.6. The molecule has 1 unspecified atom stereocenters. The Labute approximate surface area is 260 Å². The van der Waals surface area contributed by atoms with Crippen molar-refractivity contribution >= 4 is 34.3 Å². The van der Waals surface area contributed by atoms with Crippen LogP contribution in [0.2, 0.25) is 5.02 Å². The SMILES string of the molecule is C[C@]1(C(N)=O)COc2c1cc(C(O)(CNC(=O)c1cc(Cl)c3nn(C4CC4)cc3c1)C1CC1)nc2-c1ccc(C(F)(F)F)cc1. The summed E-state index contributed by atoms with van der Waals surface area (Å²) < 4.78 is 47.6. The highest BCUT2D eigenvalue weighted by atomic mass is 35.5. The van der Waals surface area contributed by atoms with Crippen LogP contribution in [-0.2, 0) is 22.0 Å². The van der Waals surface area contributed by atoms with E-state index < -0.39 is 34.6 Å². The number of nitrogens with one attached hydrogen (secondary N) is 1. The smallest absolute Gasteiger partial charge is 0.416 e. The van der Waals surface area contributed by atoms with Crippen LogP contribution in [0.3, 0.4) is 0 Å². The van der Waals surface area contributed by atoms with Gasteiger partial charge in [-0.05, 0) is 68.9 Å². The van der Waals surface area contributed by atoms with Crippen LogP contribution in [0.25, 0.3) is 22.2 Å². The molecule has 13 heteroatoms. The third kappa shape index (κ3) is 5.09. The molecule has 45 heavy (non-hydrogen) atoms. The van der Waals surface area contributed by atoms with Gasteiger partial charge in [0.15, 0.2) is 0 Å². The zero-order valence-corrected chi connectivity index (χ0v) is 24.9. The molecule has 3 heterocycles. The molecular formula is C32H29ClF3N5O4. The molecule has 2 saturated carbocycles. The molecule has 234 valence electrons. The highest BCUT2D eigenvalue weighted by molar-refractivity contribution is 6.35. The van der Waals surface area contributed by atoms with E-state index in [4.69, 9.17) is 27.1 Å². The molecular weight excluding hydrogens is 611 g/mol. The van der Waals surface area contributed by atoms with Gasteiger partial charge in [0.2, 0.25) is 5.91 Å². The molecule has 4 N–H and O–H groups in total. The van der Waals surface area contributed by atoms with Gasteiger partial charge in [-0.3, -0.25) is 14.3 Å². The first-order chi connectivity index (χ1) is 21.3. The number of carbonyl (C=O) groups excluding carboxylic acids is 2. The molecule has 2 aromatic heterocycles. The first kappa shape index (κ1) is 29.5. The number of halogens is 4. The Morgan fingerprint density at radius 2 is 1.87 bits per heavy atom. The van der Waals surface area contributed by atoms with Gasteiger partial charge < -0.3 is 20.9 Å². The standard InChI is InChI=1S/C32H29ClF3N5O4/c1-30(29(37)43)15-45-27-22(30)12-24(39-26(27)16-2-4-20(5-3-16)32(34,35)36)31(44,19-6-7-19)14-38-28(42)17-10-18-13-41(21-8-9-21)40-25(18)23(33)11-17/h2-5,10-13,19,21,44H,6-9,14-15H2,1H3,(H2,37,43)(H,38,42)/t30-,31?/m0/s1. The van der Waals surface area contributed by atoms with Gasteiger partial charge in [-0.15, -0.1) is 0 Å². The van der Waals surface area contributed by atoms with Crippen LogP contribution in [0.1, 0.15) is 65.8 Å². The molecule has 0 spiro atoms. The maximum atomic E-state index is 13.4. The number of benzene rings is 2. The van der Waals surface area contributed by atoms with Crippen LogP contribution in [0.15, 0.2) is 48.7 Å². The van der Waals surface area contributed by atoms with Gasteiger partial charge in [0.25, 0.3) is 5.91 Å². The lowest BCUT2D eigenvalue weighted by atomic mass is 9.81. The molecule has 2 atom stereocenters. The van der Waals surface area contributed by atoms with Crippen molar-refractivity contribution < 1.29 is 32.6 Å². The van der Waals surface area contributed by atoms with Crippen molar-refractivity contribution in [1.29, 1.82) is 0 Å². The minimum absolute atomic E-state index is 0.102. The Bertz CT molecular complexity index is 1870. The normalized spacial score (nSPS) is 20.8. The Morgan fingerprint density at radius 3 is 2.49 bits per heavy atom. The van der Waals surface area contributed by atoms with Gasteiger partial charge in [-0.1, -0.05) is 23.7 Å². The second-order valence-electron chi connectivity index (χ2n) is 12.4. The topological polar surface area (TPSA) is 132 Å². The molecule has 3 aliphatic rings. The molecule has 7 rings (SSSR count). The lowest BCUT2D eigenvalue weighted by molar-refractivity contribution is -0.137. The molecule has 4 aromatic rings. The van der Waals surface area contributed by atoms with E-state index in [0.717, 1.165) is 30.4 Å². The van der Waals surface area contributed by atoms with Crippen LogP contribution in [0.4, 0.5) is 13.2 Å². The lowest BCUT2D eigenvalue weighted by Crippen LogP contribution is -2.44. The van der Waals surface area contributed by atoms with Gasteiger partial charge in [0.05, 0.1) is 28.9 Å². The van der Waals surface area contributed by atoms with Crippen molar-refractivity contribution in [3.63, 3.8) is 0 Å². The van der Waals surface area contributed by atoms with E-state index in [1.807, 2.05) is 10.9 Å². The minimum atomic E-state index is -4.53. The Balaban J connectivity index is 1.25. The lowest BCUT2D eigenvalue weighted by Gasteiger charge is -2.30. The van der Waals surface area contributed by atoms with Gasteiger partial charge in [-0.2, -0.15) is 18.3 Å². The van der Waals surface area contributed by atoms with Crippen molar-refractivity contribution in [3.8, 4) is 17.0 Å². The molecule has 9 nitrogen and oxygen atoms in total. The average molecular weight is 640 g/mol. The second kappa shape index (κ2) is 10.2. The summed E-state index contributed by atoms with van der Waals surface area (Å²) in [4.78, 5) is 30.7.